The molecule has 0 saturated carbocycles. The molecular formula is C6H4Ag2. The van der Waals surface area contributed by atoms with E-state index in [1.165, 1.54) is 0 Å². The van der Waals surface area contributed by atoms with Crippen LogP contribution in [0.1, 0.15) is 0 Å². The van der Waals surface area contributed by atoms with Crippen LogP contribution in [0, 0.1) is 12.1 Å². The molecule has 1 aromatic carbocycles. The first-order chi connectivity index (χ1) is 3.00. The average molecular weight is 292 g/mol. The average Bonchev–Trinajstić information content (AvgIpc) is 1.72. The Morgan fingerprint density at radius 3 is 1.00 bits per heavy atom. The summed E-state index contributed by atoms with van der Waals surface area (Å²) in [6.07, 6.45) is 0. The summed E-state index contributed by atoms with van der Waals surface area (Å²) in [6, 6.07) is 13.0. The molecule has 0 heterocycles. The van der Waals surface area contributed by atoms with Crippen LogP contribution in [0.5, 0.6) is 0 Å². The zero-order valence-corrected chi connectivity index (χ0v) is 6.88. The van der Waals surface area contributed by atoms with E-state index in [1.807, 2.05) is 24.3 Å². The van der Waals surface area contributed by atoms with Gasteiger partial charge in [0.15, 0.2) is 0 Å². The standard InChI is InChI=1S/C6H4.2Ag/c1-2-4-6-5-3-1;;/h1-2,5-6H;;/q-2;2*+1. The summed E-state index contributed by atoms with van der Waals surface area (Å²) in [7, 11) is 0. The first-order valence-corrected chi connectivity index (χ1v) is 1.82. The molecule has 0 radical (unpaired) electrons. The van der Waals surface area contributed by atoms with E-state index in [0.29, 0.717) is 0 Å². The van der Waals surface area contributed by atoms with Crippen molar-refractivity contribution in [2.75, 3.05) is 0 Å². The van der Waals surface area contributed by atoms with Gasteiger partial charge in [-0.2, -0.15) is 0 Å². The van der Waals surface area contributed by atoms with Crippen molar-refractivity contribution < 1.29 is 44.8 Å². The summed E-state index contributed by atoms with van der Waals surface area (Å²) in [5.74, 6) is 0. The number of benzene rings is 1. The monoisotopic (exact) mass is 290 g/mol. The second kappa shape index (κ2) is 7.70. The van der Waals surface area contributed by atoms with Gasteiger partial charge >= 0.3 is 44.8 Å². The summed E-state index contributed by atoms with van der Waals surface area (Å²) in [6.45, 7) is 0. The molecule has 0 N–H and O–H groups in total. The fourth-order valence-corrected chi connectivity index (χ4v) is 0.304. The summed E-state index contributed by atoms with van der Waals surface area (Å²) in [4.78, 5) is 0. The molecule has 8 heavy (non-hydrogen) atoms. The van der Waals surface area contributed by atoms with Crippen LogP contribution in [0.25, 0.3) is 0 Å². The van der Waals surface area contributed by atoms with Gasteiger partial charge in [-0.15, -0.1) is 0 Å². The predicted molar refractivity (Wildman–Crippen MR) is 24.1 cm³/mol. The topological polar surface area (TPSA) is 0 Å². The van der Waals surface area contributed by atoms with E-state index < -0.39 is 0 Å². The Bertz CT molecular complexity index is 78.5. The van der Waals surface area contributed by atoms with Crippen LogP contribution in [0.4, 0.5) is 0 Å². The Balaban J connectivity index is 0. The number of hydrogen-bond donors (Lipinski definition) is 0. The van der Waals surface area contributed by atoms with Gasteiger partial charge in [-0.1, -0.05) is 0 Å². The summed E-state index contributed by atoms with van der Waals surface area (Å²) < 4.78 is 0. The summed E-state index contributed by atoms with van der Waals surface area (Å²) >= 11 is 0. The maximum Gasteiger partial charge on any atom is 1.00 e. The molecule has 1 rings (SSSR count). The van der Waals surface area contributed by atoms with Gasteiger partial charge in [0.2, 0.25) is 0 Å². The maximum absolute atomic E-state index is 2.86. The van der Waals surface area contributed by atoms with Gasteiger partial charge in [0.05, 0.1) is 0 Å². The molecule has 1 aromatic rings. The van der Waals surface area contributed by atoms with E-state index in [2.05, 4.69) is 12.1 Å². The normalized spacial score (nSPS) is 6.00. The van der Waals surface area contributed by atoms with Crippen LogP contribution < -0.4 is 0 Å². The minimum absolute atomic E-state index is 0. The van der Waals surface area contributed by atoms with Gasteiger partial charge in [-0.05, 0) is 0 Å². The molecule has 2 heteroatoms. The molecule has 0 amide bonds. The second-order valence-corrected chi connectivity index (χ2v) is 1.00. The quantitative estimate of drug-likeness (QED) is 0.499. The molecule has 0 fully saturated rings. The minimum atomic E-state index is 0. The fourth-order valence-electron chi connectivity index (χ4n) is 0.304. The predicted octanol–water partition coefficient (Wildman–Crippen LogP) is 1.28. The van der Waals surface area contributed by atoms with Gasteiger partial charge in [0, 0.05) is 0 Å². The van der Waals surface area contributed by atoms with Crippen LogP contribution in [0.15, 0.2) is 24.3 Å². The summed E-state index contributed by atoms with van der Waals surface area (Å²) in [5.41, 5.74) is 0. The van der Waals surface area contributed by atoms with E-state index in [0.717, 1.165) is 0 Å². The van der Waals surface area contributed by atoms with Crippen molar-refractivity contribution in [2.24, 2.45) is 0 Å². The van der Waals surface area contributed by atoms with Crippen molar-refractivity contribution in [3.63, 3.8) is 0 Å². The van der Waals surface area contributed by atoms with E-state index >= 15 is 0 Å². The number of rotatable bonds is 0. The molecule has 0 spiro atoms. The third-order valence-corrected chi connectivity index (χ3v) is 0.552. The summed E-state index contributed by atoms with van der Waals surface area (Å²) in [5, 5.41) is 0. The fraction of sp³-hybridized carbons (Fsp3) is 0. The van der Waals surface area contributed by atoms with Crippen LogP contribution in [-0.2, 0) is 44.8 Å². The SMILES string of the molecule is [Ag+].[Ag+].[c-]1cc[c-]cc1. The molecule has 0 bridgehead atoms. The van der Waals surface area contributed by atoms with Crippen molar-refractivity contribution in [2.45, 2.75) is 0 Å². The first-order valence-electron chi connectivity index (χ1n) is 1.82. The van der Waals surface area contributed by atoms with Crippen LogP contribution in [0.3, 0.4) is 0 Å². The number of hydrogen-bond acceptors (Lipinski definition) is 0. The Kier molecular flexibility index (Phi) is 11.1. The van der Waals surface area contributed by atoms with Crippen molar-refractivity contribution >= 4 is 0 Å². The van der Waals surface area contributed by atoms with Gasteiger partial charge in [0.25, 0.3) is 0 Å². The largest absolute Gasteiger partial charge is 1.00 e. The first kappa shape index (κ1) is 11.5. The zero-order chi connectivity index (χ0) is 4.24. The molecule has 0 saturated heterocycles. The third-order valence-electron chi connectivity index (χ3n) is 0.552. The van der Waals surface area contributed by atoms with Crippen molar-refractivity contribution in [1.29, 1.82) is 0 Å². The molecule has 0 nitrogen and oxygen atoms in total. The van der Waals surface area contributed by atoms with Gasteiger partial charge in [-0.3, -0.25) is 24.3 Å². The Morgan fingerprint density at radius 1 is 0.625 bits per heavy atom. The molecule has 0 aliphatic carbocycles. The van der Waals surface area contributed by atoms with Gasteiger partial charge < -0.3 is 12.1 Å². The van der Waals surface area contributed by atoms with E-state index in [-0.39, 0.29) is 44.8 Å². The van der Waals surface area contributed by atoms with Crippen LogP contribution in [-0.4, -0.2) is 0 Å². The Hall–Kier alpha value is 0.701. The van der Waals surface area contributed by atoms with Gasteiger partial charge in [0.1, 0.15) is 0 Å². The molecule has 0 aromatic heterocycles. The molecule has 0 aliphatic rings. The van der Waals surface area contributed by atoms with E-state index in [9.17, 15) is 0 Å². The van der Waals surface area contributed by atoms with Crippen molar-refractivity contribution in [3.05, 3.63) is 36.4 Å². The minimum Gasteiger partial charge on any atom is -0.319 e. The third kappa shape index (κ3) is 4.85. The van der Waals surface area contributed by atoms with Crippen molar-refractivity contribution in [1.82, 2.24) is 0 Å². The molecule has 0 unspecified atom stereocenters. The van der Waals surface area contributed by atoms with E-state index in [4.69, 9.17) is 0 Å². The maximum atomic E-state index is 2.86. The van der Waals surface area contributed by atoms with Crippen molar-refractivity contribution in [3.8, 4) is 0 Å². The van der Waals surface area contributed by atoms with Crippen LogP contribution >= 0.6 is 0 Å². The van der Waals surface area contributed by atoms with Crippen LogP contribution in [0.2, 0.25) is 0 Å². The smallest absolute Gasteiger partial charge is 0.319 e. The van der Waals surface area contributed by atoms with E-state index in [1.54, 1.807) is 0 Å². The molecular weight excluding hydrogens is 288 g/mol. The second-order valence-electron chi connectivity index (χ2n) is 1.00. The molecule has 0 atom stereocenters. The molecule has 0 aliphatic heterocycles. The molecule has 50 valence electrons. The Morgan fingerprint density at radius 2 is 0.875 bits per heavy atom. The van der Waals surface area contributed by atoms with Gasteiger partial charge in [-0.25, -0.2) is 0 Å². The zero-order valence-electron chi connectivity index (χ0n) is 3.91. The Labute approximate surface area is 80.7 Å².